The number of aliphatic hydroxyl groups excluding tert-OH is 1. The van der Waals surface area contributed by atoms with E-state index in [1.807, 2.05) is 13.0 Å². The summed E-state index contributed by atoms with van der Waals surface area (Å²) in [6, 6.07) is 4.86. The second kappa shape index (κ2) is 6.86. The molecule has 0 aliphatic heterocycles. The van der Waals surface area contributed by atoms with Crippen LogP contribution >= 0.6 is 0 Å². The fourth-order valence-electron chi connectivity index (χ4n) is 2.10. The minimum Gasteiger partial charge on any atom is -0.396 e. The zero-order valence-electron chi connectivity index (χ0n) is 11.6. The lowest BCUT2D eigenvalue weighted by atomic mass is 9.83. The largest absolute Gasteiger partial charge is 0.396 e. The van der Waals surface area contributed by atoms with E-state index in [4.69, 9.17) is 0 Å². The van der Waals surface area contributed by atoms with Gasteiger partial charge in [-0.25, -0.2) is 4.39 Å². The van der Waals surface area contributed by atoms with Gasteiger partial charge in [0.25, 0.3) is 0 Å². The topological polar surface area (TPSA) is 32.3 Å². The quantitative estimate of drug-likeness (QED) is 0.783. The molecule has 0 aromatic heterocycles. The first kappa shape index (κ1) is 15.1. The van der Waals surface area contributed by atoms with Gasteiger partial charge in [-0.3, -0.25) is 0 Å². The van der Waals surface area contributed by atoms with Crippen molar-refractivity contribution in [3.63, 3.8) is 0 Å². The summed E-state index contributed by atoms with van der Waals surface area (Å²) in [6.45, 7) is 7.82. The average molecular weight is 253 g/mol. The highest BCUT2D eigenvalue weighted by atomic mass is 19.1. The second-order valence-corrected chi connectivity index (χ2v) is 5.04. The van der Waals surface area contributed by atoms with Crippen LogP contribution in [0.4, 0.5) is 4.39 Å². The lowest BCUT2D eigenvalue weighted by Crippen LogP contribution is -2.36. The van der Waals surface area contributed by atoms with Crippen molar-refractivity contribution in [2.24, 2.45) is 5.41 Å². The van der Waals surface area contributed by atoms with Crippen LogP contribution in [0.15, 0.2) is 18.2 Å². The number of aryl methyl sites for hydroxylation is 1. The minimum absolute atomic E-state index is 0.0338. The fourth-order valence-corrected chi connectivity index (χ4v) is 2.10. The molecular formula is C15H24FNO. The summed E-state index contributed by atoms with van der Waals surface area (Å²) < 4.78 is 13.0. The van der Waals surface area contributed by atoms with Gasteiger partial charge >= 0.3 is 0 Å². The van der Waals surface area contributed by atoms with Crippen LogP contribution in [-0.2, 0) is 6.54 Å². The molecule has 0 unspecified atom stereocenters. The first-order valence-electron chi connectivity index (χ1n) is 6.63. The molecule has 3 heteroatoms. The summed E-state index contributed by atoms with van der Waals surface area (Å²) in [5.74, 6) is -0.192. The lowest BCUT2D eigenvalue weighted by Gasteiger charge is -2.29. The van der Waals surface area contributed by atoms with Gasteiger partial charge < -0.3 is 10.4 Å². The van der Waals surface area contributed by atoms with Gasteiger partial charge in [0.2, 0.25) is 0 Å². The smallest absolute Gasteiger partial charge is 0.123 e. The van der Waals surface area contributed by atoms with Crippen LogP contribution < -0.4 is 5.32 Å². The average Bonchev–Trinajstić information content (AvgIpc) is 2.38. The monoisotopic (exact) mass is 253 g/mol. The molecule has 18 heavy (non-hydrogen) atoms. The van der Waals surface area contributed by atoms with E-state index in [0.717, 1.165) is 30.5 Å². The third kappa shape index (κ3) is 3.79. The first-order chi connectivity index (χ1) is 8.56. The van der Waals surface area contributed by atoms with Crippen molar-refractivity contribution in [3.05, 3.63) is 35.1 Å². The van der Waals surface area contributed by atoms with Gasteiger partial charge in [-0.05, 0) is 43.0 Å². The Morgan fingerprint density at radius 2 is 1.94 bits per heavy atom. The molecule has 2 N–H and O–H groups in total. The standard InChI is InChI=1S/C15H24FNO/c1-4-15(5-2,11-18)10-17-9-13-6-7-14(16)8-12(13)3/h6-8,17-18H,4-5,9-11H2,1-3H3. The lowest BCUT2D eigenvalue weighted by molar-refractivity contribution is 0.113. The Labute approximate surface area is 109 Å². The molecule has 102 valence electrons. The Hall–Kier alpha value is -0.930. The Kier molecular flexibility index (Phi) is 5.76. The molecule has 0 spiro atoms. The Morgan fingerprint density at radius 3 is 2.44 bits per heavy atom. The third-order valence-corrected chi connectivity index (χ3v) is 3.96. The van der Waals surface area contributed by atoms with Gasteiger partial charge in [-0.2, -0.15) is 0 Å². The van der Waals surface area contributed by atoms with Crippen LogP contribution in [0.2, 0.25) is 0 Å². The van der Waals surface area contributed by atoms with E-state index < -0.39 is 0 Å². The Bertz CT molecular complexity index is 366. The predicted octanol–water partition coefficient (Wildman–Crippen LogP) is 3.02. The summed E-state index contributed by atoms with van der Waals surface area (Å²) in [4.78, 5) is 0. The van der Waals surface area contributed by atoms with Crippen molar-refractivity contribution in [2.45, 2.75) is 40.2 Å². The van der Waals surface area contributed by atoms with Gasteiger partial charge in [0.15, 0.2) is 0 Å². The van der Waals surface area contributed by atoms with E-state index >= 15 is 0 Å². The molecule has 0 heterocycles. The maximum atomic E-state index is 13.0. The van der Waals surface area contributed by atoms with Crippen molar-refractivity contribution < 1.29 is 9.50 Å². The van der Waals surface area contributed by atoms with Crippen LogP contribution in [0.5, 0.6) is 0 Å². The van der Waals surface area contributed by atoms with Crippen LogP contribution in [0, 0.1) is 18.2 Å². The van der Waals surface area contributed by atoms with Crippen molar-refractivity contribution in [1.29, 1.82) is 0 Å². The van der Waals surface area contributed by atoms with Crippen LogP contribution in [0.1, 0.15) is 37.8 Å². The van der Waals surface area contributed by atoms with Crippen molar-refractivity contribution >= 4 is 0 Å². The van der Waals surface area contributed by atoms with Crippen LogP contribution in [0.25, 0.3) is 0 Å². The molecule has 0 fully saturated rings. The highest BCUT2D eigenvalue weighted by Gasteiger charge is 2.24. The van der Waals surface area contributed by atoms with Crippen molar-refractivity contribution in [3.8, 4) is 0 Å². The summed E-state index contributed by atoms with van der Waals surface area (Å²) in [5, 5.41) is 12.8. The molecule has 1 aromatic carbocycles. The molecule has 0 atom stereocenters. The molecule has 0 saturated heterocycles. The van der Waals surface area contributed by atoms with Gasteiger partial charge in [-0.15, -0.1) is 0 Å². The molecular weight excluding hydrogens is 229 g/mol. The zero-order chi connectivity index (χ0) is 13.6. The number of halogens is 1. The van der Waals surface area contributed by atoms with E-state index in [0.29, 0.717) is 6.54 Å². The van der Waals surface area contributed by atoms with Crippen LogP contribution in [0.3, 0.4) is 0 Å². The molecule has 0 bridgehead atoms. The van der Waals surface area contributed by atoms with E-state index in [1.54, 1.807) is 6.07 Å². The normalized spacial score (nSPS) is 11.8. The van der Waals surface area contributed by atoms with E-state index in [9.17, 15) is 9.50 Å². The summed E-state index contributed by atoms with van der Waals surface area (Å²) in [5.41, 5.74) is 2.04. The highest BCUT2D eigenvalue weighted by Crippen LogP contribution is 2.24. The second-order valence-electron chi connectivity index (χ2n) is 5.04. The molecule has 1 rings (SSSR count). The number of benzene rings is 1. The zero-order valence-corrected chi connectivity index (χ0v) is 11.6. The molecule has 2 nitrogen and oxygen atoms in total. The molecule has 0 saturated carbocycles. The maximum Gasteiger partial charge on any atom is 0.123 e. The maximum absolute atomic E-state index is 13.0. The molecule has 0 amide bonds. The Balaban J connectivity index is 2.55. The minimum atomic E-state index is -0.192. The van der Waals surface area contributed by atoms with Gasteiger partial charge in [-0.1, -0.05) is 19.9 Å². The van der Waals surface area contributed by atoms with Crippen molar-refractivity contribution in [2.75, 3.05) is 13.2 Å². The molecule has 0 aliphatic rings. The number of hydrogen-bond acceptors (Lipinski definition) is 2. The van der Waals surface area contributed by atoms with Gasteiger partial charge in [0, 0.05) is 25.1 Å². The van der Waals surface area contributed by atoms with E-state index in [-0.39, 0.29) is 17.8 Å². The number of rotatable bonds is 7. The molecule has 0 radical (unpaired) electrons. The van der Waals surface area contributed by atoms with E-state index in [2.05, 4.69) is 19.2 Å². The number of aliphatic hydroxyl groups is 1. The third-order valence-electron chi connectivity index (χ3n) is 3.96. The summed E-state index contributed by atoms with van der Waals surface area (Å²) in [7, 11) is 0. The number of nitrogens with one attached hydrogen (secondary N) is 1. The van der Waals surface area contributed by atoms with Gasteiger partial charge in [0.05, 0.1) is 0 Å². The van der Waals surface area contributed by atoms with Gasteiger partial charge in [0.1, 0.15) is 5.82 Å². The SMILES string of the molecule is CCC(CC)(CO)CNCc1ccc(F)cc1C. The highest BCUT2D eigenvalue weighted by molar-refractivity contribution is 5.26. The molecule has 1 aromatic rings. The summed E-state index contributed by atoms with van der Waals surface area (Å²) in [6.07, 6.45) is 1.91. The fraction of sp³-hybridized carbons (Fsp3) is 0.600. The predicted molar refractivity (Wildman–Crippen MR) is 72.9 cm³/mol. The summed E-state index contributed by atoms with van der Waals surface area (Å²) >= 11 is 0. The van der Waals surface area contributed by atoms with Crippen LogP contribution in [-0.4, -0.2) is 18.3 Å². The van der Waals surface area contributed by atoms with E-state index in [1.165, 1.54) is 6.07 Å². The number of hydrogen-bond donors (Lipinski definition) is 2. The first-order valence-corrected chi connectivity index (χ1v) is 6.63. The van der Waals surface area contributed by atoms with Crippen molar-refractivity contribution in [1.82, 2.24) is 5.32 Å². The molecule has 0 aliphatic carbocycles. The Morgan fingerprint density at radius 1 is 1.28 bits per heavy atom.